The van der Waals surface area contributed by atoms with Crippen LogP contribution < -0.4 is 11.1 Å². The van der Waals surface area contributed by atoms with Crippen LogP contribution in [-0.2, 0) is 0 Å². The monoisotopic (exact) mass is 272 g/mol. The summed E-state index contributed by atoms with van der Waals surface area (Å²) in [4.78, 5) is 12.2. The van der Waals surface area contributed by atoms with E-state index in [4.69, 9.17) is 5.73 Å². The highest BCUT2D eigenvalue weighted by Crippen LogP contribution is 2.10. The number of amides is 1. The number of carbonyl (C=O) groups excluding carboxylic acids is 1. The molecule has 0 aliphatic heterocycles. The van der Waals surface area contributed by atoms with Gasteiger partial charge in [0, 0.05) is 17.2 Å². The van der Waals surface area contributed by atoms with Gasteiger partial charge in [-0.25, -0.2) is 0 Å². The molecule has 1 aromatic carbocycles. The van der Waals surface area contributed by atoms with Gasteiger partial charge in [0.25, 0.3) is 5.91 Å². The maximum absolute atomic E-state index is 12.2. The minimum absolute atomic E-state index is 0.0438. The summed E-state index contributed by atoms with van der Waals surface area (Å²) in [6.07, 6.45) is 0.970. The molecule has 0 spiro atoms. The summed E-state index contributed by atoms with van der Waals surface area (Å²) >= 11 is 0. The van der Waals surface area contributed by atoms with Crippen molar-refractivity contribution in [2.45, 2.75) is 40.2 Å². The molecular weight excluding hydrogens is 248 g/mol. The van der Waals surface area contributed by atoms with E-state index in [2.05, 4.69) is 31.0 Å². The molecule has 0 aromatic heterocycles. The Kier molecular flexibility index (Phi) is 6.27. The predicted octanol–water partition coefficient (Wildman–Crippen LogP) is 2.47. The quantitative estimate of drug-likeness (QED) is 0.827. The minimum atomic E-state index is -0.0438. The number of hydrogen-bond donors (Lipinski definition) is 2. The van der Waals surface area contributed by atoms with Gasteiger partial charge in [-0.1, -0.05) is 25.7 Å². The summed E-state index contributed by atoms with van der Waals surface area (Å²) < 4.78 is 0. The summed E-state index contributed by atoms with van der Waals surface area (Å²) in [6.45, 7) is 8.61. The van der Waals surface area contributed by atoms with E-state index in [1.165, 1.54) is 0 Å². The van der Waals surface area contributed by atoms with Crippen molar-refractivity contribution >= 4 is 5.91 Å². The smallest absolute Gasteiger partial charge is 0.251 e. The number of benzene rings is 1. The van der Waals surface area contributed by atoms with Crippen LogP contribution in [0.2, 0.25) is 0 Å². The summed E-state index contributed by atoms with van der Waals surface area (Å²) in [6, 6.07) is 5.82. The van der Waals surface area contributed by atoms with Crippen molar-refractivity contribution in [3.8, 4) is 11.8 Å². The van der Waals surface area contributed by atoms with Crippen molar-refractivity contribution in [1.29, 1.82) is 0 Å². The number of carbonyl (C=O) groups is 1. The second-order valence-electron chi connectivity index (χ2n) is 5.60. The van der Waals surface area contributed by atoms with Crippen LogP contribution in [0.1, 0.15) is 48.7 Å². The van der Waals surface area contributed by atoms with E-state index in [1.807, 2.05) is 32.0 Å². The van der Waals surface area contributed by atoms with Crippen LogP contribution in [0, 0.1) is 24.7 Å². The van der Waals surface area contributed by atoms with Crippen molar-refractivity contribution < 1.29 is 4.79 Å². The van der Waals surface area contributed by atoms with E-state index < -0.39 is 0 Å². The zero-order chi connectivity index (χ0) is 15.1. The van der Waals surface area contributed by atoms with Gasteiger partial charge >= 0.3 is 0 Å². The Morgan fingerprint density at radius 2 is 2.00 bits per heavy atom. The average Bonchev–Trinajstić information content (AvgIpc) is 2.34. The van der Waals surface area contributed by atoms with Crippen molar-refractivity contribution in [2.75, 3.05) is 6.54 Å². The summed E-state index contributed by atoms with van der Waals surface area (Å²) in [7, 11) is 0. The Hall–Kier alpha value is -1.79. The van der Waals surface area contributed by atoms with Crippen LogP contribution in [0.15, 0.2) is 18.2 Å². The fraction of sp³-hybridized carbons (Fsp3) is 0.471. The molecule has 0 bridgehead atoms. The Labute approximate surface area is 121 Å². The van der Waals surface area contributed by atoms with Crippen molar-refractivity contribution in [1.82, 2.24) is 5.32 Å². The lowest BCUT2D eigenvalue weighted by molar-refractivity contribution is 0.0936. The average molecular weight is 272 g/mol. The normalized spacial score (nSPS) is 11.7. The van der Waals surface area contributed by atoms with Gasteiger partial charge in [-0.3, -0.25) is 4.79 Å². The zero-order valence-corrected chi connectivity index (χ0v) is 12.8. The molecular formula is C17H24N2O. The largest absolute Gasteiger partial charge is 0.350 e. The molecule has 0 saturated heterocycles. The first-order valence-corrected chi connectivity index (χ1v) is 7.04. The van der Waals surface area contributed by atoms with Gasteiger partial charge in [-0.15, -0.1) is 0 Å². The number of rotatable bonds is 4. The lowest BCUT2D eigenvalue weighted by Crippen LogP contribution is -2.33. The molecule has 0 radical (unpaired) electrons. The van der Waals surface area contributed by atoms with Crippen LogP contribution in [-0.4, -0.2) is 18.5 Å². The van der Waals surface area contributed by atoms with Crippen LogP contribution in [0.3, 0.4) is 0 Å². The van der Waals surface area contributed by atoms with Crippen LogP contribution in [0.5, 0.6) is 0 Å². The molecule has 3 N–H and O–H groups in total. The van der Waals surface area contributed by atoms with Crippen molar-refractivity contribution in [2.24, 2.45) is 11.7 Å². The van der Waals surface area contributed by atoms with E-state index >= 15 is 0 Å². The summed E-state index contributed by atoms with van der Waals surface area (Å²) in [5.74, 6) is 6.30. The van der Waals surface area contributed by atoms with Crippen molar-refractivity contribution in [3.05, 3.63) is 34.9 Å². The third-order valence-electron chi connectivity index (χ3n) is 2.88. The maximum atomic E-state index is 12.2. The first-order valence-electron chi connectivity index (χ1n) is 7.04. The molecule has 3 nitrogen and oxygen atoms in total. The molecule has 1 aromatic rings. The van der Waals surface area contributed by atoms with Gasteiger partial charge < -0.3 is 11.1 Å². The van der Waals surface area contributed by atoms with E-state index in [0.717, 1.165) is 17.5 Å². The van der Waals surface area contributed by atoms with E-state index in [9.17, 15) is 4.79 Å². The number of nitrogens with one attached hydrogen (secondary N) is 1. The van der Waals surface area contributed by atoms with E-state index in [1.54, 1.807) is 0 Å². The highest BCUT2D eigenvalue weighted by molar-refractivity contribution is 5.95. The predicted molar refractivity (Wildman–Crippen MR) is 83.5 cm³/mol. The Morgan fingerprint density at radius 1 is 1.30 bits per heavy atom. The SMILES string of the molecule is Cc1cc(C#CCN)cc(C(=O)NC(C)CC(C)C)c1. The summed E-state index contributed by atoms with van der Waals surface area (Å²) in [5, 5.41) is 3.03. The molecule has 1 rings (SSSR count). The lowest BCUT2D eigenvalue weighted by atomic mass is 10.0. The molecule has 20 heavy (non-hydrogen) atoms. The molecule has 1 amide bonds. The van der Waals surface area contributed by atoms with E-state index in [0.29, 0.717) is 18.0 Å². The molecule has 0 fully saturated rings. The topological polar surface area (TPSA) is 55.1 Å². The molecule has 3 heteroatoms. The van der Waals surface area contributed by atoms with Crippen LogP contribution in [0.25, 0.3) is 0 Å². The van der Waals surface area contributed by atoms with Gasteiger partial charge in [0.2, 0.25) is 0 Å². The first-order chi connectivity index (χ1) is 9.42. The molecule has 1 unspecified atom stereocenters. The molecule has 1 atom stereocenters. The minimum Gasteiger partial charge on any atom is -0.350 e. The number of aryl methyl sites for hydroxylation is 1. The summed E-state index contributed by atoms with van der Waals surface area (Å²) in [5.41, 5.74) is 7.88. The Balaban J connectivity index is 2.84. The molecule has 0 saturated carbocycles. The van der Waals surface area contributed by atoms with Gasteiger partial charge in [0.15, 0.2) is 0 Å². The lowest BCUT2D eigenvalue weighted by Gasteiger charge is -2.16. The number of hydrogen-bond acceptors (Lipinski definition) is 2. The van der Waals surface area contributed by atoms with Gasteiger partial charge in [0.05, 0.1) is 6.54 Å². The molecule has 0 aliphatic carbocycles. The third-order valence-corrected chi connectivity index (χ3v) is 2.88. The van der Waals surface area contributed by atoms with E-state index in [-0.39, 0.29) is 11.9 Å². The Bertz CT molecular complexity index is 524. The van der Waals surface area contributed by atoms with Gasteiger partial charge in [-0.2, -0.15) is 0 Å². The highest BCUT2D eigenvalue weighted by atomic mass is 16.1. The standard InChI is InChI=1S/C17H24N2O/c1-12(2)8-14(4)19-17(20)16-10-13(3)9-15(11-16)6-5-7-18/h9-12,14H,7-8,18H2,1-4H3,(H,19,20). The molecule has 108 valence electrons. The number of nitrogens with two attached hydrogens (primary N) is 1. The second-order valence-corrected chi connectivity index (χ2v) is 5.60. The highest BCUT2D eigenvalue weighted by Gasteiger charge is 2.11. The second kappa shape index (κ2) is 7.72. The third kappa shape index (κ3) is 5.46. The zero-order valence-electron chi connectivity index (χ0n) is 12.8. The van der Waals surface area contributed by atoms with Crippen molar-refractivity contribution in [3.63, 3.8) is 0 Å². The fourth-order valence-corrected chi connectivity index (χ4v) is 2.21. The fourth-order valence-electron chi connectivity index (χ4n) is 2.21. The molecule has 0 aliphatic rings. The van der Waals surface area contributed by atoms with Crippen LogP contribution in [0.4, 0.5) is 0 Å². The van der Waals surface area contributed by atoms with Crippen LogP contribution >= 0.6 is 0 Å². The Morgan fingerprint density at radius 3 is 2.60 bits per heavy atom. The van der Waals surface area contributed by atoms with Gasteiger partial charge in [0.1, 0.15) is 0 Å². The first kappa shape index (κ1) is 16.3. The maximum Gasteiger partial charge on any atom is 0.251 e. The van der Waals surface area contributed by atoms with Gasteiger partial charge in [-0.05, 0) is 49.9 Å². The molecule has 0 heterocycles.